The first kappa shape index (κ1) is 16.7. The molecule has 128 valence electrons. The predicted molar refractivity (Wildman–Crippen MR) is 91.7 cm³/mol. The molecule has 0 saturated carbocycles. The van der Waals surface area contributed by atoms with Crippen molar-refractivity contribution in [3.8, 4) is 16.9 Å². The fourth-order valence-electron chi connectivity index (χ4n) is 2.52. The van der Waals surface area contributed by atoms with Crippen LogP contribution in [0.3, 0.4) is 0 Å². The lowest BCUT2D eigenvalue weighted by Crippen LogP contribution is -2.17. The molecule has 6 heteroatoms. The zero-order chi connectivity index (χ0) is 17.8. The van der Waals surface area contributed by atoms with Crippen LogP contribution < -0.4 is 10.1 Å². The number of halogens is 2. The van der Waals surface area contributed by atoms with Crippen LogP contribution in [0.15, 0.2) is 60.9 Å². The summed E-state index contributed by atoms with van der Waals surface area (Å²) in [5.41, 5.74) is 2.28. The smallest absolute Gasteiger partial charge is 0.408 e. The number of carbonyl (C=O) groups is 1. The summed E-state index contributed by atoms with van der Waals surface area (Å²) in [6.45, 7) is -0.727. The minimum atomic E-state index is -0.727. The first-order valence-corrected chi connectivity index (χ1v) is 7.61. The third-order valence-corrected chi connectivity index (χ3v) is 3.66. The molecule has 3 rings (SSSR count). The Morgan fingerprint density at radius 2 is 1.84 bits per heavy atom. The third kappa shape index (κ3) is 3.85. The molecule has 0 radical (unpaired) electrons. The van der Waals surface area contributed by atoms with Crippen molar-refractivity contribution in [1.29, 1.82) is 0 Å². The Bertz CT molecular complexity index is 889. The van der Waals surface area contributed by atoms with Gasteiger partial charge in [0.15, 0.2) is 5.75 Å². The highest BCUT2D eigenvalue weighted by Gasteiger charge is 2.14. The highest BCUT2D eigenvalue weighted by atomic mass is 19.1. The van der Waals surface area contributed by atoms with Gasteiger partial charge in [-0.25, -0.2) is 13.6 Å². The van der Waals surface area contributed by atoms with Gasteiger partial charge in [-0.2, -0.15) is 0 Å². The van der Waals surface area contributed by atoms with Gasteiger partial charge in [-0.05, 0) is 23.8 Å². The summed E-state index contributed by atoms with van der Waals surface area (Å²) >= 11 is 0. The van der Waals surface area contributed by atoms with Crippen LogP contribution in [0.2, 0.25) is 0 Å². The van der Waals surface area contributed by atoms with Gasteiger partial charge in [-0.1, -0.05) is 30.3 Å². The topological polar surface area (TPSA) is 43.3 Å². The molecule has 0 atom stereocenters. The van der Waals surface area contributed by atoms with Crippen molar-refractivity contribution in [2.45, 2.75) is 6.67 Å². The van der Waals surface area contributed by atoms with Crippen molar-refractivity contribution >= 4 is 11.8 Å². The molecule has 0 fully saturated rings. The largest absolute Gasteiger partial charge is 0.417 e. The molecule has 4 nitrogen and oxygen atoms in total. The number of nitrogens with zero attached hydrogens (tertiary/aromatic N) is 1. The van der Waals surface area contributed by atoms with E-state index in [1.54, 1.807) is 48.1 Å². The van der Waals surface area contributed by atoms with Crippen LogP contribution in [0, 0.1) is 5.82 Å². The highest BCUT2D eigenvalue weighted by molar-refractivity contribution is 5.92. The molecule has 25 heavy (non-hydrogen) atoms. The van der Waals surface area contributed by atoms with Crippen LogP contribution in [-0.4, -0.2) is 10.7 Å². The maximum atomic E-state index is 13.1. The van der Waals surface area contributed by atoms with Crippen LogP contribution in [0.1, 0.15) is 5.56 Å². The maximum absolute atomic E-state index is 13.1. The Labute approximate surface area is 143 Å². The number of ether oxygens (including phenoxy) is 1. The van der Waals surface area contributed by atoms with Gasteiger partial charge >= 0.3 is 6.09 Å². The van der Waals surface area contributed by atoms with Crippen molar-refractivity contribution in [2.75, 3.05) is 5.32 Å². The summed E-state index contributed by atoms with van der Waals surface area (Å²) in [7, 11) is 1.72. The first-order chi connectivity index (χ1) is 12.1. The fourth-order valence-corrected chi connectivity index (χ4v) is 2.52. The summed E-state index contributed by atoms with van der Waals surface area (Å²) in [6.07, 6.45) is 2.35. The van der Waals surface area contributed by atoms with Gasteiger partial charge in [0.05, 0.1) is 5.69 Å². The van der Waals surface area contributed by atoms with Crippen molar-refractivity contribution in [1.82, 2.24) is 4.57 Å². The Morgan fingerprint density at radius 3 is 2.56 bits per heavy atom. The number of rotatable bonds is 4. The molecular weight excluding hydrogens is 326 g/mol. The van der Waals surface area contributed by atoms with E-state index in [0.29, 0.717) is 11.3 Å². The second kappa shape index (κ2) is 7.17. The van der Waals surface area contributed by atoms with E-state index in [1.165, 1.54) is 18.3 Å². The van der Waals surface area contributed by atoms with Gasteiger partial charge in [-0.15, -0.1) is 0 Å². The lowest BCUT2D eigenvalue weighted by Gasteiger charge is -2.11. The molecule has 0 bridgehead atoms. The molecule has 0 aliphatic rings. The Morgan fingerprint density at radius 1 is 1.12 bits per heavy atom. The number of hydrogen-bond acceptors (Lipinski definition) is 2. The molecule has 0 aliphatic heterocycles. The number of anilines is 1. The lowest BCUT2D eigenvalue weighted by atomic mass is 10.0. The molecule has 0 spiro atoms. The lowest BCUT2D eigenvalue weighted by molar-refractivity contribution is 0.214. The van der Waals surface area contributed by atoms with Crippen molar-refractivity contribution in [2.24, 2.45) is 7.05 Å². The van der Waals surface area contributed by atoms with Crippen LogP contribution in [0.4, 0.5) is 19.3 Å². The molecule has 1 heterocycles. The molecule has 3 aromatic rings. The minimum Gasteiger partial charge on any atom is -0.408 e. The van der Waals surface area contributed by atoms with Crippen LogP contribution in [0.25, 0.3) is 11.1 Å². The van der Waals surface area contributed by atoms with Gasteiger partial charge in [0.25, 0.3) is 0 Å². The molecule has 1 aromatic heterocycles. The molecule has 0 aliphatic carbocycles. The van der Waals surface area contributed by atoms with Gasteiger partial charge in [0, 0.05) is 30.6 Å². The maximum Gasteiger partial charge on any atom is 0.417 e. The number of alkyl halides is 1. The fraction of sp³-hybridized carbons (Fsp3) is 0.105. The Kier molecular flexibility index (Phi) is 4.79. The van der Waals surface area contributed by atoms with E-state index in [9.17, 15) is 13.6 Å². The van der Waals surface area contributed by atoms with Gasteiger partial charge < -0.3 is 9.30 Å². The van der Waals surface area contributed by atoms with E-state index in [1.807, 2.05) is 6.07 Å². The molecule has 1 amide bonds. The zero-order valence-electron chi connectivity index (χ0n) is 13.5. The Balaban J connectivity index is 1.81. The van der Waals surface area contributed by atoms with E-state index < -0.39 is 12.8 Å². The summed E-state index contributed by atoms with van der Waals surface area (Å²) in [6, 6.07) is 13.0. The summed E-state index contributed by atoms with van der Waals surface area (Å²) in [4.78, 5) is 12.2. The molecule has 2 aromatic carbocycles. The molecule has 0 unspecified atom stereocenters. The number of aryl methyl sites for hydroxylation is 1. The van der Waals surface area contributed by atoms with Gasteiger partial charge in [0.2, 0.25) is 0 Å². The van der Waals surface area contributed by atoms with Crippen molar-refractivity contribution in [3.63, 3.8) is 0 Å². The normalized spacial score (nSPS) is 10.5. The van der Waals surface area contributed by atoms with Crippen molar-refractivity contribution < 1.29 is 18.3 Å². The first-order valence-electron chi connectivity index (χ1n) is 7.61. The van der Waals surface area contributed by atoms with E-state index in [0.717, 1.165) is 11.1 Å². The number of amides is 1. The number of nitrogens with one attached hydrogen (secondary N) is 1. The average molecular weight is 342 g/mol. The summed E-state index contributed by atoms with van der Waals surface area (Å²) in [5.74, 6) is -0.168. The molecule has 0 saturated heterocycles. The molecule has 1 N–H and O–H groups in total. The quantitative estimate of drug-likeness (QED) is 0.732. The number of benzene rings is 2. The standard InChI is InChI=1S/C19H16F2N2O2/c1-23-11-14(10-20)18(12-23)25-19(24)22-17-5-3-2-4-16(17)13-6-8-15(21)9-7-13/h2-9,11-12H,10H2,1H3,(H,22,24). The number of carbonyl (C=O) groups excluding carboxylic acids is 1. The van der Waals surface area contributed by atoms with E-state index in [4.69, 9.17) is 4.74 Å². The number of aromatic nitrogens is 1. The van der Waals surface area contributed by atoms with E-state index >= 15 is 0 Å². The SMILES string of the molecule is Cn1cc(CF)c(OC(=O)Nc2ccccc2-c2ccc(F)cc2)c1. The summed E-state index contributed by atoms with van der Waals surface area (Å²) < 4.78 is 32.9. The van der Waals surface area contributed by atoms with Crippen molar-refractivity contribution in [3.05, 3.63) is 72.3 Å². The van der Waals surface area contributed by atoms with Crippen LogP contribution in [-0.2, 0) is 13.7 Å². The van der Waals surface area contributed by atoms with Crippen LogP contribution >= 0.6 is 0 Å². The second-order valence-corrected chi connectivity index (χ2v) is 5.51. The van der Waals surface area contributed by atoms with Crippen LogP contribution in [0.5, 0.6) is 5.75 Å². The number of para-hydroxylation sites is 1. The van der Waals surface area contributed by atoms with E-state index in [2.05, 4.69) is 5.32 Å². The summed E-state index contributed by atoms with van der Waals surface area (Å²) in [5, 5.41) is 2.65. The minimum absolute atomic E-state index is 0.168. The second-order valence-electron chi connectivity index (χ2n) is 5.51. The molecular formula is C19H16F2N2O2. The highest BCUT2D eigenvalue weighted by Crippen LogP contribution is 2.28. The third-order valence-electron chi connectivity index (χ3n) is 3.66. The number of hydrogen-bond donors (Lipinski definition) is 1. The zero-order valence-corrected chi connectivity index (χ0v) is 13.5. The monoisotopic (exact) mass is 342 g/mol. The van der Waals surface area contributed by atoms with Gasteiger partial charge in [-0.3, -0.25) is 5.32 Å². The Hall–Kier alpha value is -3.15. The predicted octanol–water partition coefficient (Wildman–Crippen LogP) is 4.91. The van der Waals surface area contributed by atoms with E-state index in [-0.39, 0.29) is 11.6 Å². The van der Waals surface area contributed by atoms with Gasteiger partial charge in [0.1, 0.15) is 12.5 Å². The average Bonchev–Trinajstić information content (AvgIpc) is 2.95.